The standard InChI is InChI=1S/C37H45N2O10P/c1-22(31-28-14-10-8-12-26(28)27-13-9-11-15-29(27)31)47-36(42)39-32-23(2)46-30(21-44-34(40)37(3,4)5)33(32)49-50(7,43)48-25-18-16-24(17-19-25)20-45-35(41)38-6/h8-19,22-23,30-33H,20-21H2,1-7H3,(H,38,41)(H,39,42)/t22?,23-,30+,32?,33?,50?/m0/s1. The SMILES string of the molecule is CNC(=O)OCc1ccc(OP(C)(=O)OC2C(NC(=O)OC(C)C3c4ccccc4-c4ccccc43)[C@H](C)O[C@@H]2COC(=O)C(C)(C)C)cc1. The molecule has 3 aromatic carbocycles. The fourth-order valence-corrected chi connectivity index (χ4v) is 7.44. The fourth-order valence-electron chi connectivity index (χ4n) is 6.19. The van der Waals surface area contributed by atoms with Crippen LogP contribution in [0.25, 0.3) is 11.1 Å². The number of amides is 2. The van der Waals surface area contributed by atoms with Gasteiger partial charge in [-0.15, -0.1) is 0 Å². The van der Waals surface area contributed by atoms with Crippen LogP contribution in [0.15, 0.2) is 72.8 Å². The fraction of sp³-hybridized carbons (Fsp3) is 0.432. The number of alkyl carbamates (subject to hydrolysis) is 2. The Morgan fingerprint density at radius 1 is 0.900 bits per heavy atom. The van der Waals surface area contributed by atoms with Gasteiger partial charge >= 0.3 is 25.8 Å². The second-order valence-corrected chi connectivity index (χ2v) is 15.5. The van der Waals surface area contributed by atoms with E-state index in [1.807, 2.05) is 43.3 Å². The van der Waals surface area contributed by atoms with Crippen molar-refractivity contribution in [2.45, 2.75) is 77.6 Å². The van der Waals surface area contributed by atoms with Crippen molar-refractivity contribution in [2.75, 3.05) is 20.3 Å². The Kier molecular flexibility index (Phi) is 11.2. The number of carbonyl (C=O) groups is 3. The minimum Gasteiger partial charge on any atom is -0.462 e. The maximum absolute atomic E-state index is 13.8. The highest BCUT2D eigenvalue weighted by atomic mass is 31.2. The summed E-state index contributed by atoms with van der Waals surface area (Å²) in [6, 6.07) is 21.8. The number of nitrogens with one attached hydrogen (secondary N) is 2. The van der Waals surface area contributed by atoms with Gasteiger partial charge in [0.1, 0.15) is 37.3 Å². The minimum atomic E-state index is -3.86. The van der Waals surface area contributed by atoms with Gasteiger partial charge in [0.2, 0.25) is 0 Å². The van der Waals surface area contributed by atoms with Crippen molar-refractivity contribution < 1.29 is 46.9 Å². The van der Waals surface area contributed by atoms with Gasteiger partial charge < -0.3 is 34.1 Å². The molecule has 2 amide bonds. The highest BCUT2D eigenvalue weighted by molar-refractivity contribution is 7.53. The molecular weight excluding hydrogens is 663 g/mol. The Bertz CT molecular complexity index is 1690. The third kappa shape index (κ3) is 8.67. The average Bonchev–Trinajstić information content (AvgIpc) is 3.55. The predicted molar refractivity (Wildman–Crippen MR) is 186 cm³/mol. The van der Waals surface area contributed by atoms with E-state index in [0.29, 0.717) is 5.56 Å². The van der Waals surface area contributed by atoms with E-state index in [-0.39, 0.29) is 24.9 Å². The molecule has 268 valence electrons. The molecular formula is C37H45N2O10P. The van der Waals surface area contributed by atoms with Crippen molar-refractivity contribution in [3.63, 3.8) is 0 Å². The van der Waals surface area contributed by atoms with E-state index in [9.17, 15) is 18.9 Å². The average molecular weight is 709 g/mol. The first-order chi connectivity index (χ1) is 23.7. The van der Waals surface area contributed by atoms with Gasteiger partial charge in [0.15, 0.2) is 0 Å². The maximum atomic E-state index is 13.8. The van der Waals surface area contributed by atoms with E-state index in [2.05, 4.69) is 22.8 Å². The summed E-state index contributed by atoms with van der Waals surface area (Å²) in [6.07, 6.45) is -4.36. The lowest BCUT2D eigenvalue weighted by molar-refractivity contribution is -0.158. The molecule has 0 saturated carbocycles. The van der Waals surface area contributed by atoms with Crippen LogP contribution in [0, 0.1) is 5.41 Å². The highest BCUT2D eigenvalue weighted by Crippen LogP contribution is 2.49. The van der Waals surface area contributed by atoms with E-state index in [1.165, 1.54) is 13.7 Å². The Hall–Kier alpha value is -4.38. The van der Waals surface area contributed by atoms with Gasteiger partial charge in [-0.1, -0.05) is 60.7 Å². The van der Waals surface area contributed by atoms with Crippen LogP contribution in [-0.4, -0.2) is 68.9 Å². The van der Waals surface area contributed by atoms with Crippen LogP contribution in [0.4, 0.5) is 9.59 Å². The predicted octanol–water partition coefficient (Wildman–Crippen LogP) is 6.80. The summed E-state index contributed by atoms with van der Waals surface area (Å²) in [6.45, 7) is 9.92. The molecule has 1 aliphatic carbocycles. The number of benzene rings is 3. The van der Waals surface area contributed by atoms with Crippen LogP contribution in [0.2, 0.25) is 0 Å². The van der Waals surface area contributed by atoms with E-state index < -0.39 is 61.6 Å². The van der Waals surface area contributed by atoms with E-state index >= 15 is 0 Å². The van der Waals surface area contributed by atoms with Crippen molar-refractivity contribution in [1.29, 1.82) is 0 Å². The summed E-state index contributed by atoms with van der Waals surface area (Å²) in [4.78, 5) is 37.5. The molecule has 6 atom stereocenters. The summed E-state index contributed by atoms with van der Waals surface area (Å²) in [5, 5.41) is 5.25. The van der Waals surface area contributed by atoms with Gasteiger partial charge in [0, 0.05) is 19.6 Å². The minimum absolute atomic E-state index is 0.0361. The number of hydrogen-bond acceptors (Lipinski definition) is 10. The molecule has 1 aliphatic heterocycles. The van der Waals surface area contributed by atoms with Crippen molar-refractivity contribution in [3.05, 3.63) is 89.5 Å². The van der Waals surface area contributed by atoms with Gasteiger partial charge in [-0.05, 0) is 74.6 Å². The Morgan fingerprint density at radius 2 is 1.50 bits per heavy atom. The number of carbonyl (C=O) groups excluding carboxylic acids is 3. The molecule has 4 unspecified atom stereocenters. The zero-order valence-corrected chi connectivity index (χ0v) is 30.2. The third-order valence-electron chi connectivity index (χ3n) is 8.62. The lowest BCUT2D eigenvalue weighted by Gasteiger charge is -2.29. The maximum Gasteiger partial charge on any atom is 0.407 e. The molecule has 1 heterocycles. The van der Waals surface area contributed by atoms with Gasteiger partial charge in [-0.2, -0.15) is 0 Å². The lowest BCUT2D eigenvalue weighted by Crippen LogP contribution is -2.49. The van der Waals surface area contributed by atoms with Crippen LogP contribution in [0.5, 0.6) is 5.75 Å². The second kappa shape index (κ2) is 15.2. The number of esters is 1. The number of rotatable bonds is 11. The van der Waals surface area contributed by atoms with Crippen molar-refractivity contribution >= 4 is 25.8 Å². The summed E-state index contributed by atoms with van der Waals surface area (Å²) < 4.78 is 48.4. The molecule has 13 heteroatoms. The molecule has 2 N–H and O–H groups in total. The molecule has 0 spiro atoms. The van der Waals surface area contributed by atoms with Crippen LogP contribution in [0.3, 0.4) is 0 Å². The Balaban J connectivity index is 1.30. The van der Waals surface area contributed by atoms with E-state index in [4.69, 9.17) is 28.0 Å². The van der Waals surface area contributed by atoms with Gasteiger partial charge in [0.25, 0.3) is 0 Å². The van der Waals surface area contributed by atoms with Gasteiger partial charge in [-0.3, -0.25) is 9.32 Å². The van der Waals surface area contributed by atoms with Crippen LogP contribution in [-0.2, 0) is 39.4 Å². The van der Waals surface area contributed by atoms with Crippen molar-refractivity contribution in [3.8, 4) is 16.9 Å². The molecule has 1 fully saturated rings. The first kappa shape index (κ1) is 36.9. The van der Waals surface area contributed by atoms with Crippen LogP contribution >= 0.6 is 7.60 Å². The van der Waals surface area contributed by atoms with Crippen LogP contribution in [0.1, 0.15) is 57.2 Å². The summed E-state index contributed by atoms with van der Waals surface area (Å²) in [5.74, 6) is -0.379. The molecule has 3 aromatic rings. The Morgan fingerprint density at radius 3 is 2.08 bits per heavy atom. The summed E-state index contributed by atoms with van der Waals surface area (Å²) in [5.41, 5.74) is 4.28. The number of fused-ring (bicyclic) bond motifs is 3. The highest BCUT2D eigenvalue weighted by Gasteiger charge is 2.48. The van der Waals surface area contributed by atoms with Gasteiger partial charge in [0.05, 0.1) is 17.6 Å². The quantitative estimate of drug-likeness (QED) is 0.124. The van der Waals surface area contributed by atoms with Crippen molar-refractivity contribution in [2.24, 2.45) is 5.41 Å². The second-order valence-electron chi connectivity index (χ2n) is 13.6. The van der Waals surface area contributed by atoms with Gasteiger partial charge in [-0.25, -0.2) is 14.2 Å². The summed E-state index contributed by atoms with van der Waals surface area (Å²) in [7, 11) is -2.40. The molecule has 0 aromatic heterocycles. The molecule has 2 aliphatic rings. The topological polar surface area (TPSA) is 148 Å². The molecule has 50 heavy (non-hydrogen) atoms. The largest absolute Gasteiger partial charge is 0.462 e. The number of hydrogen-bond donors (Lipinski definition) is 2. The monoisotopic (exact) mass is 708 g/mol. The van der Waals surface area contributed by atoms with E-state index in [0.717, 1.165) is 22.3 Å². The number of ether oxygens (including phenoxy) is 4. The zero-order chi connectivity index (χ0) is 36.2. The molecule has 1 saturated heterocycles. The zero-order valence-electron chi connectivity index (χ0n) is 29.3. The van der Waals surface area contributed by atoms with E-state index in [1.54, 1.807) is 52.0 Å². The van der Waals surface area contributed by atoms with Crippen molar-refractivity contribution in [1.82, 2.24) is 10.6 Å². The smallest absolute Gasteiger partial charge is 0.407 e. The Labute approximate surface area is 292 Å². The third-order valence-corrected chi connectivity index (χ3v) is 9.79. The first-order valence-corrected chi connectivity index (χ1v) is 18.5. The normalized spacial score (nSPS) is 21.6. The molecule has 0 radical (unpaired) electrons. The molecule has 12 nitrogen and oxygen atoms in total. The first-order valence-electron chi connectivity index (χ1n) is 16.5. The van der Waals surface area contributed by atoms with Crippen LogP contribution < -0.4 is 15.2 Å². The molecule has 0 bridgehead atoms. The molecule has 5 rings (SSSR count). The lowest BCUT2D eigenvalue weighted by atomic mass is 9.92. The summed E-state index contributed by atoms with van der Waals surface area (Å²) >= 11 is 0.